The van der Waals surface area contributed by atoms with Gasteiger partial charge in [-0.15, -0.1) is 0 Å². The van der Waals surface area contributed by atoms with Gasteiger partial charge in [-0.05, 0) is 57.5 Å². The molecule has 0 aliphatic carbocycles. The minimum absolute atomic E-state index is 0.0662. The minimum Gasteiger partial charge on any atom is -0.476 e. The van der Waals surface area contributed by atoms with Crippen LogP contribution in [0.2, 0.25) is 0 Å². The zero-order valence-electron chi connectivity index (χ0n) is 26.1. The Kier molecular flexibility index (Phi) is 9.23. The van der Waals surface area contributed by atoms with Gasteiger partial charge in [0.25, 0.3) is 11.5 Å². The number of morpholine rings is 1. The molecule has 0 saturated carbocycles. The summed E-state index contributed by atoms with van der Waals surface area (Å²) < 4.78 is 54.9. The molecule has 0 bridgehead atoms. The summed E-state index contributed by atoms with van der Waals surface area (Å²) in [5.41, 5.74) is 1.25. The molecule has 3 aromatic heterocycles. The number of halogens is 4. The highest BCUT2D eigenvalue weighted by atomic mass is 79.9. The lowest BCUT2D eigenvalue weighted by Gasteiger charge is -2.34. The van der Waals surface area contributed by atoms with Crippen molar-refractivity contribution in [1.29, 1.82) is 0 Å². The van der Waals surface area contributed by atoms with Gasteiger partial charge in [-0.1, -0.05) is 15.9 Å². The highest BCUT2D eigenvalue weighted by molar-refractivity contribution is 9.10. The van der Waals surface area contributed by atoms with Crippen LogP contribution in [-0.2, 0) is 23.9 Å². The van der Waals surface area contributed by atoms with Gasteiger partial charge < -0.3 is 14.4 Å². The third kappa shape index (κ3) is 6.83. The normalized spacial score (nSPS) is 17.1. The Morgan fingerprint density at radius 2 is 1.89 bits per heavy atom. The van der Waals surface area contributed by atoms with E-state index in [2.05, 4.69) is 30.9 Å². The van der Waals surface area contributed by atoms with Crippen molar-refractivity contribution in [3.63, 3.8) is 0 Å². The van der Waals surface area contributed by atoms with Crippen molar-refractivity contribution >= 4 is 21.8 Å². The largest absolute Gasteiger partial charge is 0.476 e. The topological polar surface area (TPSA) is 108 Å². The number of hydrogen-bond donors (Lipinski definition) is 0. The van der Waals surface area contributed by atoms with Gasteiger partial charge in [-0.3, -0.25) is 14.5 Å². The van der Waals surface area contributed by atoms with Gasteiger partial charge >= 0.3 is 6.18 Å². The highest BCUT2D eigenvalue weighted by Gasteiger charge is 2.36. The molecule has 1 saturated heterocycles. The van der Waals surface area contributed by atoms with Crippen LogP contribution in [0.1, 0.15) is 45.5 Å². The maximum Gasteiger partial charge on any atom is 0.417 e. The molecule has 5 heterocycles. The molecule has 1 amide bonds. The van der Waals surface area contributed by atoms with Gasteiger partial charge in [-0.25, -0.2) is 19.2 Å². The van der Waals surface area contributed by atoms with Crippen LogP contribution >= 0.6 is 15.9 Å². The van der Waals surface area contributed by atoms with E-state index in [-0.39, 0.29) is 34.5 Å². The summed E-state index contributed by atoms with van der Waals surface area (Å²) in [4.78, 5) is 40.8. The summed E-state index contributed by atoms with van der Waals surface area (Å²) in [6.45, 7) is 9.66. The number of nitrogens with zero attached hydrogens (tertiary/aromatic N) is 7. The Morgan fingerprint density at radius 1 is 1.13 bits per heavy atom. The second-order valence-corrected chi connectivity index (χ2v) is 12.5. The van der Waals surface area contributed by atoms with Crippen LogP contribution in [-0.4, -0.2) is 85.5 Å². The lowest BCUT2D eigenvalue weighted by Crippen LogP contribution is -2.46. The lowest BCUT2D eigenvalue weighted by molar-refractivity contribution is -0.138. The number of ether oxygens (including phenoxy) is 2. The first-order chi connectivity index (χ1) is 22.4. The van der Waals surface area contributed by atoms with E-state index in [1.54, 1.807) is 29.9 Å². The van der Waals surface area contributed by atoms with Gasteiger partial charge in [0.1, 0.15) is 6.61 Å². The van der Waals surface area contributed by atoms with Crippen molar-refractivity contribution in [2.75, 3.05) is 39.5 Å². The molecular weight excluding hydrogens is 683 g/mol. The van der Waals surface area contributed by atoms with E-state index >= 15 is 0 Å². The highest BCUT2D eigenvalue weighted by Crippen LogP contribution is 2.36. The zero-order chi connectivity index (χ0) is 33.5. The molecule has 1 unspecified atom stereocenters. The van der Waals surface area contributed by atoms with E-state index in [9.17, 15) is 22.8 Å². The van der Waals surface area contributed by atoms with Crippen molar-refractivity contribution in [1.82, 2.24) is 34.1 Å². The maximum atomic E-state index is 14.2. The number of rotatable bonds is 7. The number of aromatic nitrogens is 5. The Morgan fingerprint density at radius 3 is 2.55 bits per heavy atom. The number of amides is 1. The molecule has 11 nitrogen and oxygen atoms in total. The Labute approximate surface area is 277 Å². The van der Waals surface area contributed by atoms with Crippen LogP contribution < -0.4 is 10.3 Å². The van der Waals surface area contributed by atoms with Gasteiger partial charge in [0, 0.05) is 53.0 Å². The van der Waals surface area contributed by atoms with Gasteiger partial charge in [0.05, 0.1) is 48.6 Å². The minimum atomic E-state index is -4.64. The molecule has 2 aliphatic heterocycles. The third-order valence-corrected chi connectivity index (χ3v) is 9.01. The number of aryl methyl sites for hydroxylation is 2. The monoisotopic (exact) mass is 715 g/mol. The second-order valence-electron chi connectivity index (χ2n) is 11.7. The van der Waals surface area contributed by atoms with Crippen molar-refractivity contribution in [3.05, 3.63) is 91.2 Å². The molecule has 0 spiro atoms. The summed E-state index contributed by atoms with van der Waals surface area (Å²) in [6, 6.07) is 8.19. The fourth-order valence-corrected chi connectivity index (χ4v) is 6.33. The van der Waals surface area contributed by atoms with Crippen molar-refractivity contribution in [2.24, 2.45) is 0 Å². The third-order valence-electron chi connectivity index (χ3n) is 8.31. The quantitative estimate of drug-likeness (QED) is 0.275. The number of hydrogen-bond acceptors (Lipinski definition) is 8. The van der Waals surface area contributed by atoms with E-state index in [1.807, 2.05) is 19.9 Å². The van der Waals surface area contributed by atoms with Gasteiger partial charge in [0.15, 0.2) is 0 Å². The van der Waals surface area contributed by atoms with Crippen LogP contribution in [0.3, 0.4) is 0 Å². The summed E-state index contributed by atoms with van der Waals surface area (Å²) in [6.07, 6.45) is -2.94. The van der Waals surface area contributed by atoms with E-state index in [1.165, 1.54) is 21.6 Å². The number of alkyl halides is 3. The van der Waals surface area contributed by atoms with Gasteiger partial charge in [-0.2, -0.15) is 18.3 Å². The van der Waals surface area contributed by atoms with Gasteiger partial charge in [0.2, 0.25) is 11.8 Å². The molecule has 47 heavy (non-hydrogen) atoms. The summed E-state index contributed by atoms with van der Waals surface area (Å²) >= 11 is 2.93. The lowest BCUT2D eigenvalue weighted by atomic mass is 9.98. The van der Waals surface area contributed by atoms with Crippen LogP contribution in [0.5, 0.6) is 5.88 Å². The molecular formula is C32H33BrF3N7O4. The molecule has 1 aromatic carbocycles. The van der Waals surface area contributed by atoms with Crippen molar-refractivity contribution < 1.29 is 27.4 Å². The molecule has 6 rings (SSSR count). The summed E-state index contributed by atoms with van der Waals surface area (Å²) in [5.74, 6) is 0.0262. The summed E-state index contributed by atoms with van der Waals surface area (Å²) in [5, 5.41) is 4.56. The summed E-state index contributed by atoms with van der Waals surface area (Å²) in [7, 11) is 0. The van der Waals surface area contributed by atoms with Crippen molar-refractivity contribution in [2.45, 2.75) is 46.0 Å². The predicted molar refractivity (Wildman–Crippen MR) is 169 cm³/mol. The fraction of sp³-hybridized carbons (Fsp3) is 0.406. The molecule has 0 radical (unpaired) electrons. The van der Waals surface area contributed by atoms with Crippen LogP contribution in [0.25, 0.3) is 11.6 Å². The van der Waals surface area contributed by atoms with E-state index in [4.69, 9.17) is 14.5 Å². The molecule has 248 valence electrons. The Hall–Kier alpha value is -4.08. The number of pyridine rings is 1. The zero-order valence-corrected chi connectivity index (χ0v) is 27.6. The SMILES string of the molecule is Cc1cc(C)n(-c2nc3c(c(=O)n2-c2ccc(OCCN4CCOCC4)nc2)CC(C)N(C(=O)c2ccc(Br)c(C(F)(F)F)c2)C3)n1. The fourth-order valence-electron chi connectivity index (χ4n) is 5.86. The first-order valence-electron chi connectivity index (χ1n) is 15.2. The van der Waals surface area contributed by atoms with Crippen LogP contribution in [0.15, 0.2) is 51.9 Å². The molecule has 15 heteroatoms. The van der Waals surface area contributed by atoms with E-state index in [0.717, 1.165) is 31.4 Å². The average Bonchev–Trinajstić information content (AvgIpc) is 3.38. The predicted octanol–water partition coefficient (Wildman–Crippen LogP) is 4.51. The molecule has 2 aliphatic rings. The standard InChI is InChI=1S/C32H33BrF3N7O4/c1-19-14-21(3)43(39-19)31-38-27-18-41(29(44)22-4-6-26(33)25(16-22)32(34,35)36)20(2)15-24(27)30(45)42(31)23-5-7-28(37-17-23)47-13-10-40-8-11-46-12-9-40/h4-7,14,16-17,20H,8-13,15,18H2,1-3H3. The Bertz CT molecular complexity index is 1850. The van der Waals surface area contributed by atoms with Crippen molar-refractivity contribution in [3.8, 4) is 17.5 Å². The maximum absolute atomic E-state index is 14.2. The first kappa shape index (κ1) is 32.8. The number of carbonyl (C=O) groups excluding carboxylic acids is 1. The Balaban J connectivity index is 1.33. The van der Waals surface area contributed by atoms with Crippen LogP contribution in [0.4, 0.5) is 13.2 Å². The van der Waals surface area contributed by atoms with Crippen LogP contribution in [0, 0.1) is 13.8 Å². The smallest absolute Gasteiger partial charge is 0.417 e. The van der Waals surface area contributed by atoms with E-state index < -0.39 is 23.7 Å². The molecule has 1 atom stereocenters. The number of fused-ring (bicyclic) bond motifs is 1. The molecule has 4 aromatic rings. The number of carbonyl (C=O) groups is 1. The number of benzene rings is 1. The second kappa shape index (κ2) is 13.2. The molecule has 0 N–H and O–H groups in total. The molecule has 1 fully saturated rings. The average molecular weight is 717 g/mol. The van der Waals surface area contributed by atoms with E-state index in [0.29, 0.717) is 48.3 Å². The first-order valence-corrected chi connectivity index (χ1v) is 16.0.